The number of hydrogen-bond donors (Lipinski definition) is 2. The molecule has 3 N–H and O–H groups in total. The average Bonchev–Trinajstić information content (AvgIpc) is 2.95. The largest absolute Gasteiger partial charge is 0.409 e. The minimum atomic E-state index is 0.0872. The van der Waals surface area contributed by atoms with Crippen LogP contribution in [0.3, 0.4) is 0 Å². The van der Waals surface area contributed by atoms with Crippen molar-refractivity contribution in [2.24, 2.45) is 10.9 Å². The number of benzene rings is 1. The van der Waals surface area contributed by atoms with Crippen molar-refractivity contribution in [3.8, 4) is 0 Å². The van der Waals surface area contributed by atoms with Crippen LogP contribution in [-0.2, 0) is 6.42 Å². The van der Waals surface area contributed by atoms with Gasteiger partial charge in [-0.2, -0.15) is 4.37 Å². The molecule has 0 radical (unpaired) electrons. The van der Waals surface area contributed by atoms with E-state index in [2.05, 4.69) is 21.4 Å². The molecule has 0 fully saturated rings. The first kappa shape index (κ1) is 14.3. The predicted octanol–water partition coefficient (Wildman–Crippen LogP) is 2.35. The molecule has 0 aliphatic heterocycles. The van der Waals surface area contributed by atoms with Crippen LogP contribution in [0, 0.1) is 0 Å². The summed E-state index contributed by atoms with van der Waals surface area (Å²) in [5.41, 5.74) is 7.17. The molecule has 0 saturated carbocycles. The lowest BCUT2D eigenvalue weighted by Crippen LogP contribution is -2.15. The molecule has 0 spiro atoms. The number of hydrogen-bond acceptors (Lipinski definition) is 6. The molecule has 0 atom stereocenters. The van der Waals surface area contributed by atoms with Crippen molar-refractivity contribution < 1.29 is 5.21 Å². The van der Waals surface area contributed by atoms with E-state index in [1.54, 1.807) is 6.07 Å². The second kappa shape index (κ2) is 6.33. The molecular weight excluding hydrogens is 274 g/mol. The van der Waals surface area contributed by atoms with Crippen LogP contribution < -0.4 is 10.6 Å². The van der Waals surface area contributed by atoms with Gasteiger partial charge in [-0.05, 0) is 18.6 Å². The molecule has 2 aromatic rings. The summed E-state index contributed by atoms with van der Waals surface area (Å²) < 4.78 is 4.33. The van der Waals surface area contributed by atoms with E-state index in [1.807, 2.05) is 30.1 Å². The predicted molar refractivity (Wildman–Crippen MR) is 80.9 cm³/mol. The highest BCUT2D eigenvalue weighted by molar-refractivity contribution is 7.09. The lowest BCUT2D eigenvalue weighted by molar-refractivity contribution is 0.318. The van der Waals surface area contributed by atoms with Gasteiger partial charge in [0.25, 0.3) is 0 Å². The summed E-state index contributed by atoms with van der Waals surface area (Å²) in [6.07, 6.45) is 1.91. The van der Waals surface area contributed by atoms with Crippen molar-refractivity contribution in [3.63, 3.8) is 0 Å². The summed E-state index contributed by atoms with van der Waals surface area (Å²) in [6, 6.07) is 7.42. The molecule has 1 heterocycles. The first-order chi connectivity index (χ1) is 9.65. The Labute approximate surface area is 121 Å². The summed E-state index contributed by atoms with van der Waals surface area (Å²) in [4.78, 5) is 6.43. The number of rotatable bonds is 5. The van der Waals surface area contributed by atoms with Gasteiger partial charge in [-0.3, -0.25) is 0 Å². The van der Waals surface area contributed by atoms with Gasteiger partial charge < -0.3 is 15.8 Å². The number of nitrogens with two attached hydrogens (primary N) is 1. The summed E-state index contributed by atoms with van der Waals surface area (Å²) in [5.74, 6) is 0.955. The van der Waals surface area contributed by atoms with Crippen molar-refractivity contribution in [3.05, 3.63) is 35.7 Å². The van der Waals surface area contributed by atoms with Gasteiger partial charge >= 0.3 is 0 Å². The Balaban J connectivity index is 2.25. The van der Waals surface area contributed by atoms with Crippen molar-refractivity contribution in [2.45, 2.75) is 19.8 Å². The van der Waals surface area contributed by atoms with Crippen LogP contribution in [0.2, 0.25) is 0 Å². The van der Waals surface area contributed by atoms with E-state index in [0.717, 1.165) is 29.5 Å². The van der Waals surface area contributed by atoms with Gasteiger partial charge in [0.2, 0.25) is 5.13 Å². The first-order valence-electron chi connectivity index (χ1n) is 6.30. The third kappa shape index (κ3) is 3.05. The van der Waals surface area contributed by atoms with Gasteiger partial charge in [0.15, 0.2) is 5.84 Å². The molecule has 0 bridgehead atoms. The zero-order valence-electron chi connectivity index (χ0n) is 11.4. The standard InChI is InChI=1S/C13H17N5OS/c1-3-5-11-15-13(20-17-11)18(2)10-7-4-6-9(8-10)12(14)16-19/h4,6-8,19H,3,5H2,1-2H3,(H2,14,16). The SMILES string of the molecule is CCCc1nsc(N(C)c2cccc(C(N)=NO)c2)n1. The summed E-state index contributed by atoms with van der Waals surface area (Å²) in [5, 5.41) is 12.6. The highest BCUT2D eigenvalue weighted by Gasteiger charge is 2.11. The summed E-state index contributed by atoms with van der Waals surface area (Å²) in [7, 11) is 1.92. The maximum Gasteiger partial charge on any atom is 0.209 e. The minimum Gasteiger partial charge on any atom is -0.409 e. The molecule has 20 heavy (non-hydrogen) atoms. The minimum absolute atomic E-state index is 0.0872. The first-order valence-corrected chi connectivity index (χ1v) is 7.07. The lowest BCUT2D eigenvalue weighted by Gasteiger charge is -2.16. The normalized spacial score (nSPS) is 11.6. The van der Waals surface area contributed by atoms with Gasteiger partial charge in [0, 0.05) is 36.3 Å². The number of oxime groups is 1. The number of aromatic nitrogens is 2. The third-order valence-electron chi connectivity index (χ3n) is 2.85. The topological polar surface area (TPSA) is 87.6 Å². The van der Waals surface area contributed by atoms with Crippen molar-refractivity contribution in [2.75, 3.05) is 11.9 Å². The molecule has 1 aromatic heterocycles. The lowest BCUT2D eigenvalue weighted by atomic mass is 10.2. The molecule has 0 aliphatic carbocycles. The molecule has 0 unspecified atom stereocenters. The molecule has 6 nitrogen and oxygen atoms in total. The molecule has 0 amide bonds. The average molecular weight is 291 g/mol. The fraction of sp³-hybridized carbons (Fsp3) is 0.308. The number of nitrogens with zero attached hydrogens (tertiary/aromatic N) is 4. The summed E-state index contributed by atoms with van der Waals surface area (Å²) >= 11 is 1.37. The molecule has 0 aliphatic rings. The highest BCUT2D eigenvalue weighted by Crippen LogP contribution is 2.26. The number of anilines is 2. The Morgan fingerprint density at radius 2 is 2.30 bits per heavy atom. The Morgan fingerprint density at radius 3 is 3.00 bits per heavy atom. The molecule has 1 aromatic carbocycles. The van der Waals surface area contributed by atoms with Crippen molar-refractivity contribution in [1.29, 1.82) is 0 Å². The maximum absolute atomic E-state index is 8.73. The Bertz CT molecular complexity index is 610. The van der Waals surface area contributed by atoms with Crippen LogP contribution in [0.1, 0.15) is 24.7 Å². The van der Waals surface area contributed by atoms with E-state index in [4.69, 9.17) is 10.9 Å². The second-order valence-electron chi connectivity index (χ2n) is 4.34. The van der Waals surface area contributed by atoms with E-state index >= 15 is 0 Å². The van der Waals surface area contributed by atoms with E-state index in [1.165, 1.54) is 11.5 Å². The van der Waals surface area contributed by atoms with E-state index in [9.17, 15) is 0 Å². The second-order valence-corrected chi connectivity index (χ2v) is 5.07. The van der Waals surface area contributed by atoms with E-state index in [-0.39, 0.29) is 5.84 Å². The molecule has 7 heteroatoms. The molecular formula is C13H17N5OS. The Morgan fingerprint density at radius 1 is 1.50 bits per heavy atom. The summed E-state index contributed by atoms with van der Waals surface area (Å²) in [6.45, 7) is 2.10. The zero-order valence-corrected chi connectivity index (χ0v) is 12.3. The Hall–Kier alpha value is -2.15. The highest BCUT2D eigenvalue weighted by atomic mass is 32.1. The number of aryl methyl sites for hydroxylation is 1. The van der Waals surface area contributed by atoms with Gasteiger partial charge in [0.05, 0.1) is 0 Å². The fourth-order valence-corrected chi connectivity index (χ4v) is 2.44. The molecule has 106 valence electrons. The van der Waals surface area contributed by atoms with E-state index in [0.29, 0.717) is 5.56 Å². The zero-order chi connectivity index (χ0) is 14.5. The van der Waals surface area contributed by atoms with Crippen LogP contribution in [0.15, 0.2) is 29.4 Å². The van der Waals surface area contributed by atoms with Crippen LogP contribution in [0.4, 0.5) is 10.8 Å². The van der Waals surface area contributed by atoms with Crippen LogP contribution >= 0.6 is 11.5 Å². The van der Waals surface area contributed by atoms with Gasteiger partial charge in [-0.15, -0.1) is 0 Å². The van der Waals surface area contributed by atoms with Crippen LogP contribution in [0.25, 0.3) is 0 Å². The van der Waals surface area contributed by atoms with E-state index < -0.39 is 0 Å². The van der Waals surface area contributed by atoms with Gasteiger partial charge in [0.1, 0.15) is 5.82 Å². The smallest absolute Gasteiger partial charge is 0.209 e. The maximum atomic E-state index is 8.73. The third-order valence-corrected chi connectivity index (χ3v) is 3.69. The fourth-order valence-electron chi connectivity index (χ4n) is 1.75. The van der Waals surface area contributed by atoms with Gasteiger partial charge in [-0.1, -0.05) is 24.2 Å². The monoisotopic (exact) mass is 291 g/mol. The van der Waals surface area contributed by atoms with Gasteiger partial charge in [-0.25, -0.2) is 4.98 Å². The molecule has 0 saturated heterocycles. The quantitative estimate of drug-likeness (QED) is 0.382. The van der Waals surface area contributed by atoms with Crippen LogP contribution in [0.5, 0.6) is 0 Å². The molecule has 2 rings (SSSR count). The van der Waals surface area contributed by atoms with Crippen molar-refractivity contribution in [1.82, 2.24) is 9.36 Å². The number of amidine groups is 1. The van der Waals surface area contributed by atoms with Crippen molar-refractivity contribution >= 4 is 28.2 Å². The van der Waals surface area contributed by atoms with Crippen LogP contribution in [-0.4, -0.2) is 27.4 Å². The Kier molecular flexibility index (Phi) is 4.52.